The van der Waals surface area contributed by atoms with Crippen molar-refractivity contribution >= 4 is 39.1 Å². The molecule has 0 amide bonds. The van der Waals surface area contributed by atoms with Gasteiger partial charge >= 0.3 is 58.3 Å². The minimum atomic E-state index is 0. The van der Waals surface area contributed by atoms with Crippen LogP contribution in [-0.2, 0) is 0 Å². The average molecular weight is 278 g/mol. The Morgan fingerprint density at radius 2 is 2.33 bits per heavy atom. The zero-order chi connectivity index (χ0) is 3.54. The van der Waals surface area contributed by atoms with E-state index >= 15 is 0 Å². The minimum absolute atomic E-state index is 0. The van der Waals surface area contributed by atoms with Crippen molar-refractivity contribution in [3.05, 3.63) is 0 Å². The molecular formula is C4H10BBi. The molecule has 0 radical (unpaired) electrons. The number of rotatable bonds is 0. The Morgan fingerprint density at radius 1 is 1.50 bits per heavy atom. The van der Waals surface area contributed by atoms with Crippen LogP contribution >= 0.6 is 0 Å². The first-order valence-electron chi connectivity index (χ1n) is 2.15. The molecule has 0 aromatic rings. The summed E-state index contributed by atoms with van der Waals surface area (Å²) in [4.78, 5) is 0. The second-order valence-electron chi connectivity index (χ2n) is 1.40. The number of hydrogen-bond acceptors (Lipinski definition) is 0. The van der Waals surface area contributed by atoms with Gasteiger partial charge in [-0.1, -0.05) is 0 Å². The van der Waals surface area contributed by atoms with Crippen molar-refractivity contribution in [1.29, 1.82) is 0 Å². The van der Waals surface area contributed by atoms with Crippen LogP contribution in [-0.4, -0.2) is 39.1 Å². The van der Waals surface area contributed by atoms with E-state index < -0.39 is 0 Å². The molecule has 0 atom stereocenters. The quantitative estimate of drug-likeness (QED) is 0.525. The standard InChI is InChI=1S/C4H7B.Bi.3H/c1-2-4-5-3-1;;;;/h3H,1-2,4H2;;;;. The molecule has 1 aliphatic heterocycles. The Bertz CT molecular complexity index is 45.5. The van der Waals surface area contributed by atoms with Crippen molar-refractivity contribution in [1.82, 2.24) is 0 Å². The van der Waals surface area contributed by atoms with Crippen molar-refractivity contribution in [2.24, 2.45) is 0 Å². The molecule has 0 aromatic heterocycles. The second kappa shape index (κ2) is 3.99. The van der Waals surface area contributed by atoms with Crippen molar-refractivity contribution < 1.29 is 0 Å². The summed E-state index contributed by atoms with van der Waals surface area (Å²) in [5.74, 6) is 2.24. The molecule has 1 aliphatic rings. The third-order valence-corrected chi connectivity index (χ3v) is 0.908. The van der Waals surface area contributed by atoms with Crippen molar-refractivity contribution in [2.75, 3.05) is 0 Å². The van der Waals surface area contributed by atoms with Crippen LogP contribution in [0.1, 0.15) is 12.8 Å². The van der Waals surface area contributed by atoms with Gasteiger partial charge in [-0.2, -0.15) is 0 Å². The van der Waals surface area contributed by atoms with Crippen LogP contribution < -0.4 is 0 Å². The first-order valence-corrected chi connectivity index (χ1v) is 2.15. The zero-order valence-corrected chi connectivity index (χ0v) is 9.48. The molecule has 0 unspecified atom stereocenters. The summed E-state index contributed by atoms with van der Waals surface area (Å²) in [5, 5.41) is 0. The van der Waals surface area contributed by atoms with Crippen molar-refractivity contribution in [3.8, 4) is 0 Å². The summed E-state index contributed by atoms with van der Waals surface area (Å²) in [7, 11) is 0. The van der Waals surface area contributed by atoms with E-state index in [1.807, 2.05) is 0 Å². The molecule has 0 aliphatic carbocycles. The molecule has 1 heterocycles. The molecule has 0 nitrogen and oxygen atoms in total. The van der Waals surface area contributed by atoms with Gasteiger partial charge in [0.2, 0.25) is 0 Å². The molecule has 0 saturated carbocycles. The first-order chi connectivity index (χ1) is 2.50. The predicted molar refractivity (Wildman–Crippen MR) is 35.8 cm³/mol. The molecule has 0 spiro atoms. The van der Waals surface area contributed by atoms with Gasteiger partial charge < -0.3 is 0 Å². The predicted octanol–water partition coefficient (Wildman–Crippen LogP) is -0.479. The second-order valence-corrected chi connectivity index (χ2v) is 1.40. The van der Waals surface area contributed by atoms with Crippen molar-refractivity contribution in [2.45, 2.75) is 19.2 Å². The summed E-state index contributed by atoms with van der Waals surface area (Å²) in [6.07, 6.45) is 4.03. The Balaban J connectivity index is 0.000000250. The van der Waals surface area contributed by atoms with Gasteiger partial charge in [-0.15, -0.1) is 0 Å². The van der Waals surface area contributed by atoms with Gasteiger partial charge in [0.25, 0.3) is 0 Å². The molecule has 6 heavy (non-hydrogen) atoms. The van der Waals surface area contributed by atoms with E-state index in [0.717, 1.165) is 0 Å². The van der Waals surface area contributed by atoms with Crippen LogP contribution in [0.2, 0.25) is 6.32 Å². The van der Waals surface area contributed by atoms with Gasteiger partial charge in [-0.05, 0) is 0 Å². The Hall–Kier alpha value is 0.818. The zero-order valence-electron chi connectivity index (χ0n) is 3.98. The Morgan fingerprint density at radius 3 is 2.50 bits per heavy atom. The molecule has 0 aromatic carbocycles. The molecular weight excluding hydrogens is 268 g/mol. The fraction of sp³-hybridized carbons (Fsp3) is 0.750. The third kappa shape index (κ3) is 2.07. The molecule has 2 heteroatoms. The Kier molecular flexibility index (Phi) is 4.53. The van der Waals surface area contributed by atoms with E-state index in [0.29, 0.717) is 0 Å². The van der Waals surface area contributed by atoms with Gasteiger partial charge in [0.1, 0.15) is 0 Å². The summed E-state index contributed by atoms with van der Waals surface area (Å²) in [5.41, 5.74) is 0. The topological polar surface area (TPSA) is 0 Å². The summed E-state index contributed by atoms with van der Waals surface area (Å²) in [6.45, 7) is 2.24. The van der Waals surface area contributed by atoms with Crippen molar-refractivity contribution in [3.63, 3.8) is 0 Å². The maximum atomic E-state index is 2.24. The molecule has 0 N–H and O–H groups in total. The third-order valence-electron chi connectivity index (χ3n) is 0.908. The molecule has 1 rings (SSSR count). The molecule has 0 saturated heterocycles. The summed E-state index contributed by atoms with van der Waals surface area (Å²) < 4.78 is 0. The van der Waals surface area contributed by atoms with Crippen LogP contribution in [0.15, 0.2) is 0 Å². The van der Waals surface area contributed by atoms with E-state index in [1.165, 1.54) is 19.2 Å². The van der Waals surface area contributed by atoms with Crippen LogP contribution in [0.5, 0.6) is 0 Å². The van der Waals surface area contributed by atoms with E-state index in [2.05, 4.69) is 12.9 Å². The molecule has 0 fully saturated rings. The van der Waals surface area contributed by atoms with Gasteiger partial charge in [0.15, 0.2) is 0 Å². The van der Waals surface area contributed by atoms with Gasteiger partial charge in [-0.25, -0.2) is 0 Å². The van der Waals surface area contributed by atoms with E-state index in [1.54, 1.807) is 0 Å². The molecule has 34 valence electrons. The Labute approximate surface area is 58.4 Å². The normalized spacial score (nSPS) is 16.0. The first kappa shape index (κ1) is 6.82. The van der Waals surface area contributed by atoms with Gasteiger partial charge in [-0.3, -0.25) is 0 Å². The van der Waals surface area contributed by atoms with Gasteiger partial charge in [0.05, 0.1) is 0 Å². The van der Waals surface area contributed by atoms with E-state index in [4.69, 9.17) is 0 Å². The van der Waals surface area contributed by atoms with Crippen LogP contribution in [0.4, 0.5) is 0 Å². The summed E-state index contributed by atoms with van der Waals surface area (Å²) in [6, 6.07) is 0. The van der Waals surface area contributed by atoms with Crippen LogP contribution in [0, 0.1) is 0 Å². The van der Waals surface area contributed by atoms with Crippen LogP contribution in [0.25, 0.3) is 0 Å². The van der Waals surface area contributed by atoms with E-state index in [9.17, 15) is 0 Å². The molecule has 0 bridgehead atoms. The van der Waals surface area contributed by atoms with Gasteiger partial charge in [0, 0.05) is 0 Å². The fourth-order valence-electron chi connectivity index (χ4n) is 0.589. The van der Waals surface area contributed by atoms with E-state index in [-0.39, 0.29) is 26.2 Å². The summed E-state index contributed by atoms with van der Waals surface area (Å²) >= 11 is 0. The monoisotopic (exact) mass is 278 g/mol. The van der Waals surface area contributed by atoms with Crippen LogP contribution in [0.3, 0.4) is 0 Å². The average Bonchev–Trinajstić information content (AvgIpc) is 1.76. The number of hydrogen-bond donors (Lipinski definition) is 0. The maximum absolute atomic E-state index is 2.24. The SMILES string of the molecule is B1=CCCC1.[BiH3]. The fourth-order valence-corrected chi connectivity index (χ4v) is 0.589.